The Balaban J connectivity index is 1.50. The standard InChI is InChI=1S/C31H39NO4Si/c1-6-13-21(2)18-27(33)32-28-25-19-22(29(28)35-30(32)34)20-26(25)36-37(31(3,4)5,23-14-9-7-10-15-23)24-16-11-8-12-17-24/h6-12,14-17,21-22,25-26,28-29H,1,13,18-20H2,2-5H3/t21-,22-,25+,26-,28-,29+/m0/s1. The van der Waals surface area contributed by atoms with Gasteiger partial charge in [-0.2, -0.15) is 0 Å². The average Bonchev–Trinajstić information content (AvgIpc) is 3.53. The third-order valence-corrected chi connectivity index (χ3v) is 13.7. The fourth-order valence-corrected chi connectivity index (χ4v) is 11.8. The van der Waals surface area contributed by atoms with Crippen LogP contribution in [-0.2, 0) is 14.0 Å². The highest BCUT2D eigenvalue weighted by Crippen LogP contribution is 2.54. The van der Waals surface area contributed by atoms with E-state index >= 15 is 0 Å². The van der Waals surface area contributed by atoms with Crippen molar-refractivity contribution in [1.29, 1.82) is 0 Å². The first-order valence-electron chi connectivity index (χ1n) is 13.6. The highest BCUT2D eigenvalue weighted by Gasteiger charge is 2.65. The Labute approximate surface area is 222 Å². The summed E-state index contributed by atoms with van der Waals surface area (Å²) in [4.78, 5) is 27.7. The number of rotatable bonds is 8. The number of allylic oxidation sites excluding steroid dienone is 1. The van der Waals surface area contributed by atoms with Crippen LogP contribution < -0.4 is 10.4 Å². The van der Waals surface area contributed by atoms with Gasteiger partial charge in [0.25, 0.3) is 8.32 Å². The number of nitrogens with zero attached hydrogens (tertiary/aromatic N) is 1. The Hall–Kier alpha value is -2.70. The van der Waals surface area contributed by atoms with Crippen LogP contribution in [0.25, 0.3) is 0 Å². The second-order valence-corrected chi connectivity index (χ2v) is 16.4. The van der Waals surface area contributed by atoms with Gasteiger partial charge in [-0.1, -0.05) is 94.4 Å². The van der Waals surface area contributed by atoms with Crippen molar-refractivity contribution < 1.29 is 18.8 Å². The van der Waals surface area contributed by atoms with Gasteiger partial charge in [0.1, 0.15) is 6.10 Å². The van der Waals surface area contributed by atoms with Gasteiger partial charge < -0.3 is 9.16 Å². The van der Waals surface area contributed by atoms with Crippen molar-refractivity contribution in [3.63, 3.8) is 0 Å². The summed E-state index contributed by atoms with van der Waals surface area (Å²) in [5, 5.41) is 2.37. The van der Waals surface area contributed by atoms with Gasteiger partial charge in [-0.05, 0) is 40.6 Å². The molecule has 6 atom stereocenters. The van der Waals surface area contributed by atoms with Crippen LogP contribution in [0, 0.1) is 17.8 Å². The molecule has 0 radical (unpaired) electrons. The number of amides is 2. The molecule has 2 saturated carbocycles. The fraction of sp³-hybridized carbons (Fsp3) is 0.484. The molecule has 6 heteroatoms. The molecule has 2 aliphatic carbocycles. The predicted octanol–water partition coefficient (Wildman–Crippen LogP) is 5.29. The van der Waals surface area contributed by atoms with Gasteiger partial charge in [0, 0.05) is 18.3 Å². The maximum Gasteiger partial charge on any atom is 0.417 e. The van der Waals surface area contributed by atoms with Crippen molar-refractivity contribution in [2.45, 2.75) is 76.7 Å². The summed E-state index contributed by atoms with van der Waals surface area (Å²) in [6, 6.07) is 21.1. The fourth-order valence-electron chi connectivity index (χ4n) is 7.11. The van der Waals surface area contributed by atoms with E-state index in [1.54, 1.807) is 0 Å². The van der Waals surface area contributed by atoms with Gasteiger partial charge in [0.15, 0.2) is 0 Å². The molecule has 1 aliphatic heterocycles. The third kappa shape index (κ3) is 4.38. The highest BCUT2D eigenvalue weighted by molar-refractivity contribution is 6.99. The SMILES string of the molecule is C=CC[C@H](C)CC(=O)N1C(=O)O[C@@H]2[C@H]3C[C@@H]([C@@H]21)[C@@H](O[Si](c1ccccc1)(c1ccccc1)C(C)(C)C)C3. The van der Waals surface area contributed by atoms with Crippen molar-refractivity contribution >= 4 is 30.7 Å². The van der Waals surface area contributed by atoms with Crippen LogP contribution in [0.3, 0.4) is 0 Å². The Kier molecular flexibility index (Phi) is 6.92. The molecule has 2 bridgehead atoms. The molecule has 0 unspecified atom stereocenters. The summed E-state index contributed by atoms with van der Waals surface area (Å²) in [7, 11) is -2.74. The molecule has 5 rings (SSSR count). The van der Waals surface area contributed by atoms with Gasteiger partial charge in [-0.15, -0.1) is 6.58 Å². The highest BCUT2D eigenvalue weighted by atomic mass is 28.4. The molecule has 3 aliphatic rings. The van der Waals surface area contributed by atoms with Gasteiger partial charge in [0.2, 0.25) is 5.91 Å². The van der Waals surface area contributed by atoms with E-state index in [1.165, 1.54) is 15.3 Å². The number of carbonyl (C=O) groups is 2. The third-order valence-electron chi connectivity index (χ3n) is 8.66. The summed E-state index contributed by atoms with van der Waals surface area (Å²) in [6.45, 7) is 12.7. The quantitative estimate of drug-likeness (QED) is 0.353. The molecule has 0 N–H and O–H groups in total. The van der Waals surface area contributed by atoms with E-state index in [0.717, 1.165) is 19.3 Å². The summed E-state index contributed by atoms with van der Waals surface area (Å²) >= 11 is 0. The van der Waals surface area contributed by atoms with E-state index < -0.39 is 14.4 Å². The number of carbonyl (C=O) groups excluding carboxylic acids is 2. The largest absolute Gasteiger partial charge is 0.443 e. The number of imide groups is 1. The van der Waals surface area contributed by atoms with Gasteiger partial charge in [0.05, 0.1) is 12.1 Å². The lowest BCUT2D eigenvalue weighted by atomic mass is 9.89. The van der Waals surface area contributed by atoms with Crippen LogP contribution in [0.1, 0.15) is 53.4 Å². The van der Waals surface area contributed by atoms with Crippen molar-refractivity contribution in [3.8, 4) is 0 Å². The van der Waals surface area contributed by atoms with E-state index in [1.807, 2.05) is 13.0 Å². The minimum atomic E-state index is -2.74. The lowest BCUT2D eigenvalue weighted by Crippen LogP contribution is -2.68. The van der Waals surface area contributed by atoms with Crippen LogP contribution in [0.5, 0.6) is 0 Å². The summed E-state index contributed by atoms with van der Waals surface area (Å²) in [5.74, 6) is 0.315. The molecule has 2 aromatic carbocycles. The number of hydrogen-bond acceptors (Lipinski definition) is 4. The molecule has 2 aromatic rings. The van der Waals surface area contributed by atoms with Crippen molar-refractivity contribution in [2.24, 2.45) is 17.8 Å². The van der Waals surface area contributed by atoms with Crippen molar-refractivity contribution in [1.82, 2.24) is 4.90 Å². The first kappa shape index (κ1) is 25.9. The Morgan fingerprint density at radius 2 is 1.70 bits per heavy atom. The molecule has 0 spiro atoms. The zero-order valence-electron chi connectivity index (χ0n) is 22.4. The molecule has 196 valence electrons. The molecule has 3 fully saturated rings. The Bertz CT molecular complexity index is 1110. The molecule has 1 saturated heterocycles. The van der Waals surface area contributed by atoms with Crippen molar-refractivity contribution in [3.05, 3.63) is 73.3 Å². The number of benzene rings is 2. The minimum Gasteiger partial charge on any atom is -0.443 e. The molecule has 2 amide bonds. The molecule has 37 heavy (non-hydrogen) atoms. The van der Waals surface area contributed by atoms with E-state index in [2.05, 4.69) is 88.0 Å². The van der Waals surface area contributed by atoms with Crippen LogP contribution in [0.4, 0.5) is 4.79 Å². The monoisotopic (exact) mass is 517 g/mol. The van der Waals surface area contributed by atoms with Crippen LogP contribution in [-0.4, -0.2) is 43.5 Å². The maximum atomic E-state index is 13.3. The number of fused-ring (bicyclic) bond motifs is 5. The summed E-state index contributed by atoms with van der Waals surface area (Å²) in [5.41, 5.74) is 0. The zero-order valence-corrected chi connectivity index (χ0v) is 23.4. The molecule has 5 nitrogen and oxygen atoms in total. The van der Waals surface area contributed by atoms with Gasteiger partial charge >= 0.3 is 6.09 Å². The van der Waals surface area contributed by atoms with E-state index in [9.17, 15) is 9.59 Å². The molecule has 1 heterocycles. The summed E-state index contributed by atoms with van der Waals surface area (Å²) < 4.78 is 13.3. The topological polar surface area (TPSA) is 55.8 Å². The Morgan fingerprint density at radius 3 is 2.24 bits per heavy atom. The van der Waals surface area contributed by atoms with Gasteiger partial charge in [-0.25, -0.2) is 9.69 Å². The predicted molar refractivity (Wildman–Crippen MR) is 148 cm³/mol. The van der Waals surface area contributed by atoms with Crippen LogP contribution in [0.15, 0.2) is 73.3 Å². The van der Waals surface area contributed by atoms with E-state index in [-0.39, 0.29) is 46.9 Å². The van der Waals surface area contributed by atoms with Crippen LogP contribution in [0.2, 0.25) is 5.04 Å². The first-order valence-corrected chi connectivity index (χ1v) is 15.5. The zero-order chi connectivity index (χ0) is 26.4. The normalized spacial score (nSPS) is 27.6. The second kappa shape index (κ2) is 9.88. The Morgan fingerprint density at radius 1 is 1.11 bits per heavy atom. The number of hydrogen-bond donors (Lipinski definition) is 0. The number of ether oxygens (including phenoxy) is 1. The van der Waals surface area contributed by atoms with Crippen LogP contribution >= 0.6 is 0 Å². The first-order chi connectivity index (χ1) is 17.7. The molecular formula is C31H39NO4Si. The van der Waals surface area contributed by atoms with E-state index in [4.69, 9.17) is 9.16 Å². The van der Waals surface area contributed by atoms with Crippen molar-refractivity contribution in [2.75, 3.05) is 0 Å². The van der Waals surface area contributed by atoms with Gasteiger partial charge in [-0.3, -0.25) is 4.79 Å². The lowest BCUT2D eigenvalue weighted by Gasteiger charge is -2.47. The minimum absolute atomic E-state index is 0.0343. The smallest absolute Gasteiger partial charge is 0.417 e. The lowest BCUT2D eigenvalue weighted by molar-refractivity contribution is -0.131. The molecular weight excluding hydrogens is 478 g/mol. The summed E-state index contributed by atoms with van der Waals surface area (Å²) in [6.07, 6.45) is 3.95. The second-order valence-electron chi connectivity index (χ2n) is 12.2. The van der Waals surface area contributed by atoms with E-state index in [0.29, 0.717) is 6.42 Å². The maximum absolute atomic E-state index is 13.3. The molecule has 0 aromatic heterocycles. The average molecular weight is 518 g/mol.